The number of esters is 1. The summed E-state index contributed by atoms with van der Waals surface area (Å²) in [5, 5.41) is 10.6. The van der Waals surface area contributed by atoms with E-state index in [0.717, 1.165) is 0 Å². The molecule has 0 saturated heterocycles. The van der Waals surface area contributed by atoms with E-state index in [4.69, 9.17) is 10.5 Å². The van der Waals surface area contributed by atoms with Crippen molar-refractivity contribution in [2.75, 3.05) is 13.7 Å². The Labute approximate surface area is 104 Å². The van der Waals surface area contributed by atoms with Gasteiger partial charge in [-0.2, -0.15) is 0 Å². The lowest BCUT2D eigenvalue weighted by Gasteiger charge is -2.09. The van der Waals surface area contributed by atoms with Crippen molar-refractivity contribution in [2.24, 2.45) is 5.73 Å². The second-order valence-corrected chi connectivity index (χ2v) is 3.43. The van der Waals surface area contributed by atoms with E-state index in [1.54, 1.807) is 0 Å². The molecule has 7 heteroatoms. The van der Waals surface area contributed by atoms with Gasteiger partial charge in [0.05, 0.1) is 25.1 Å². The number of carbonyl (C=O) groups is 1. The highest BCUT2D eigenvalue weighted by atomic mass is 16.6. The lowest BCUT2D eigenvalue weighted by molar-refractivity contribution is -0.384. The zero-order valence-electron chi connectivity index (χ0n) is 9.92. The van der Waals surface area contributed by atoms with Gasteiger partial charge in [0, 0.05) is 24.2 Å². The lowest BCUT2D eigenvalue weighted by atomic mass is 10.2. The molecule has 7 nitrogen and oxygen atoms in total. The number of nitro groups is 1. The van der Waals surface area contributed by atoms with E-state index in [1.807, 2.05) is 0 Å². The van der Waals surface area contributed by atoms with Gasteiger partial charge in [-0.3, -0.25) is 14.9 Å². The van der Waals surface area contributed by atoms with Gasteiger partial charge < -0.3 is 15.2 Å². The molecule has 0 amide bonds. The quantitative estimate of drug-likeness (QED) is 0.461. The summed E-state index contributed by atoms with van der Waals surface area (Å²) in [5.74, 6) is 0.0539. The third kappa shape index (κ3) is 3.70. The van der Waals surface area contributed by atoms with Gasteiger partial charge in [-0.1, -0.05) is 0 Å². The monoisotopic (exact) mass is 254 g/mol. The molecule has 2 N–H and O–H groups in total. The zero-order valence-corrected chi connectivity index (χ0v) is 9.92. The molecule has 0 aliphatic carbocycles. The largest absolute Gasteiger partial charge is 0.493 e. The van der Waals surface area contributed by atoms with Gasteiger partial charge in [-0.05, 0) is 6.07 Å². The summed E-state index contributed by atoms with van der Waals surface area (Å²) in [5.41, 5.74) is 5.96. The van der Waals surface area contributed by atoms with Crippen LogP contribution in [0, 0.1) is 10.1 Å². The van der Waals surface area contributed by atoms with Crippen molar-refractivity contribution >= 4 is 11.7 Å². The van der Waals surface area contributed by atoms with Crippen LogP contribution in [0.15, 0.2) is 18.2 Å². The van der Waals surface area contributed by atoms with Crippen LogP contribution >= 0.6 is 0 Å². The van der Waals surface area contributed by atoms with E-state index in [9.17, 15) is 14.9 Å². The highest BCUT2D eigenvalue weighted by molar-refractivity contribution is 5.69. The maximum atomic E-state index is 10.9. The van der Waals surface area contributed by atoms with Crippen molar-refractivity contribution in [3.05, 3.63) is 33.9 Å². The molecule has 0 aromatic heterocycles. The molecule has 0 atom stereocenters. The summed E-state index contributed by atoms with van der Waals surface area (Å²) in [6.07, 6.45) is 0.109. The van der Waals surface area contributed by atoms with E-state index < -0.39 is 4.92 Å². The van der Waals surface area contributed by atoms with Crippen LogP contribution in [-0.4, -0.2) is 24.6 Å². The number of nitro benzene ring substituents is 1. The second-order valence-electron chi connectivity index (χ2n) is 3.43. The van der Waals surface area contributed by atoms with Gasteiger partial charge in [0.15, 0.2) is 0 Å². The standard InChI is InChI=1S/C11H14N2O5/c1-17-11(14)4-5-18-10-3-2-9(13(15)16)6-8(10)7-12/h2-3,6H,4-5,7,12H2,1H3. The predicted octanol–water partition coefficient (Wildman–Crippen LogP) is 0.995. The fraction of sp³-hybridized carbons (Fsp3) is 0.364. The summed E-state index contributed by atoms with van der Waals surface area (Å²) >= 11 is 0. The second kappa shape index (κ2) is 6.55. The number of carbonyl (C=O) groups excluding carboxylic acids is 1. The summed E-state index contributed by atoms with van der Waals surface area (Å²) < 4.78 is 9.79. The number of rotatable bonds is 6. The molecule has 0 unspecified atom stereocenters. The van der Waals surface area contributed by atoms with Crippen molar-refractivity contribution in [3.8, 4) is 5.75 Å². The Bertz CT molecular complexity index is 447. The first-order valence-corrected chi connectivity index (χ1v) is 5.25. The van der Waals surface area contributed by atoms with Crippen LogP contribution in [0.25, 0.3) is 0 Å². The maximum Gasteiger partial charge on any atom is 0.308 e. The first-order chi connectivity index (χ1) is 8.58. The van der Waals surface area contributed by atoms with Crippen molar-refractivity contribution in [3.63, 3.8) is 0 Å². The molecule has 1 aromatic rings. The molecule has 1 rings (SSSR count). The summed E-state index contributed by atoms with van der Waals surface area (Å²) in [6, 6.07) is 4.15. The smallest absolute Gasteiger partial charge is 0.308 e. The molecule has 0 saturated carbocycles. The number of ether oxygens (including phenoxy) is 2. The van der Waals surface area contributed by atoms with Crippen LogP contribution in [0.4, 0.5) is 5.69 Å². The molecule has 18 heavy (non-hydrogen) atoms. The Morgan fingerprint density at radius 2 is 2.22 bits per heavy atom. The number of methoxy groups -OCH3 is 1. The Morgan fingerprint density at radius 3 is 2.78 bits per heavy atom. The average molecular weight is 254 g/mol. The summed E-state index contributed by atoms with van der Waals surface area (Å²) in [4.78, 5) is 21.0. The molecule has 0 aliphatic rings. The predicted molar refractivity (Wildman–Crippen MR) is 63.1 cm³/mol. The van der Waals surface area contributed by atoms with Crippen molar-refractivity contribution in [1.82, 2.24) is 0 Å². The Hall–Kier alpha value is -2.15. The van der Waals surface area contributed by atoms with Crippen molar-refractivity contribution < 1.29 is 19.2 Å². The number of hydrogen-bond donors (Lipinski definition) is 1. The van der Waals surface area contributed by atoms with Gasteiger partial charge in [0.2, 0.25) is 0 Å². The normalized spacial score (nSPS) is 9.89. The van der Waals surface area contributed by atoms with Crippen LogP contribution in [-0.2, 0) is 16.1 Å². The molecule has 0 bridgehead atoms. The van der Waals surface area contributed by atoms with Crippen LogP contribution in [0.2, 0.25) is 0 Å². The van der Waals surface area contributed by atoms with Gasteiger partial charge >= 0.3 is 5.97 Å². The van der Waals surface area contributed by atoms with E-state index in [1.165, 1.54) is 25.3 Å². The van der Waals surface area contributed by atoms with Crippen LogP contribution in [0.3, 0.4) is 0 Å². The topological polar surface area (TPSA) is 105 Å². The minimum Gasteiger partial charge on any atom is -0.493 e. The highest BCUT2D eigenvalue weighted by Gasteiger charge is 2.11. The fourth-order valence-corrected chi connectivity index (χ4v) is 1.33. The van der Waals surface area contributed by atoms with E-state index in [2.05, 4.69) is 4.74 Å². The van der Waals surface area contributed by atoms with Crippen LogP contribution < -0.4 is 10.5 Å². The summed E-state index contributed by atoms with van der Waals surface area (Å²) in [7, 11) is 1.29. The third-order valence-electron chi connectivity index (χ3n) is 2.27. The molecular weight excluding hydrogens is 240 g/mol. The maximum absolute atomic E-state index is 10.9. The number of nitrogens with two attached hydrogens (primary N) is 1. The van der Waals surface area contributed by atoms with Crippen LogP contribution in [0.5, 0.6) is 5.75 Å². The SMILES string of the molecule is COC(=O)CCOc1ccc([N+](=O)[O-])cc1CN. The molecule has 0 fully saturated rings. The molecular formula is C11H14N2O5. The van der Waals surface area contributed by atoms with E-state index >= 15 is 0 Å². The summed E-state index contributed by atoms with van der Waals surface area (Å²) in [6.45, 7) is 0.257. The molecule has 0 radical (unpaired) electrons. The lowest BCUT2D eigenvalue weighted by Crippen LogP contribution is -2.09. The zero-order chi connectivity index (χ0) is 13.5. The molecule has 98 valence electrons. The first-order valence-electron chi connectivity index (χ1n) is 5.25. The van der Waals surface area contributed by atoms with Crippen molar-refractivity contribution in [1.29, 1.82) is 0 Å². The number of non-ortho nitro benzene ring substituents is 1. The van der Waals surface area contributed by atoms with Gasteiger partial charge in [-0.15, -0.1) is 0 Å². The fourth-order valence-electron chi connectivity index (χ4n) is 1.33. The molecule has 0 spiro atoms. The molecule has 0 aliphatic heterocycles. The van der Waals surface area contributed by atoms with Crippen LogP contribution in [0.1, 0.15) is 12.0 Å². The van der Waals surface area contributed by atoms with Crippen molar-refractivity contribution in [2.45, 2.75) is 13.0 Å². The number of nitrogens with zero attached hydrogens (tertiary/aromatic N) is 1. The van der Waals surface area contributed by atoms with E-state index in [-0.39, 0.29) is 31.2 Å². The van der Waals surface area contributed by atoms with Gasteiger partial charge in [0.25, 0.3) is 5.69 Å². The molecule has 0 heterocycles. The van der Waals surface area contributed by atoms with Gasteiger partial charge in [0.1, 0.15) is 5.75 Å². The third-order valence-corrected chi connectivity index (χ3v) is 2.27. The average Bonchev–Trinajstić information content (AvgIpc) is 2.38. The highest BCUT2D eigenvalue weighted by Crippen LogP contribution is 2.23. The first kappa shape index (κ1) is 13.9. The Balaban J connectivity index is 2.71. The number of hydrogen-bond acceptors (Lipinski definition) is 6. The van der Waals surface area contributed by atoms with E-state index in [0.29, 0.717) is 11.3 Å². The minimum atomic E-state index is -0.503. The number of benzene rings is 1. The molecule has 1 aromatic carbocycles. The Kier molecular flexibility index (Phi) is 5.06. The van der Waals surface area contributed by atoms with Gasteiger partial charge in [-0.25, -0.2) is 0 Å². The Morgan fingerprint density at radius 1 is 1.50 bits per heavy atom. The minimum absolute atomic E-state index is 0.0456.